The first kappa shape index (κ1) is 20.3. The van der Waals surface area contributed by atoms with E-state index in [-0.39, 0.29) is 11.3 Å². The van der Waals surface area contributed by atoms with Gasteiger partial charge in [0.2, 0.25) is 5.95 Å². The average molecular weight is 431 g/mol. The molecular weight excluding hydrogens is 404 g/mol. The second-order valence-electron chi connectivity index (χ2n) is 9.22. The summed E-state index contributed by atoms with van der Waals surface area (Å²) in [7, 11) is 0. The lowest BCUT2D eigenvalue weighted by Crippen LogP contribution is -2.45. The average Bonchev–Trinajstić information content (AvgIpc) is 3.41. The van der Waals surface area contributed by atoms with Crippen LogP contribution in [0, 0.1) is 0 Å². The molecule has 0 bridgehead atoms. The number of pyridine rings is 1. The van der Waals surface area contributed by atoms with E-state index in [4.69, 9.17) is 0 Å². The molecule has 1 atom stereocenters. The van der Waals surface area contributed by atoms with Gasteiger partial charge in [-0.15, -0.1) is 15.3 Å². The molecule has 2 N–H and O–H groups in total. The number of aromatic hydroxyl groups is 1. The standard InChI is InChI=1S/C23H26N8O/c1-23(2,3)26-17-7-8-30(14-17)22-24-13-20(27-28-22)19-5-4-15(11-21(19)32)16-6-9-31-18(10-16)12-25-29-31/h4-6,9-13,17,26,32H,7-8,14H2,1-3H3/t17-/m0/s1. The van der Waals surface area contributed by atoms with Gasteiger partial charge in [0.15, 0.2) is 0 Å². The Bertz CT molecular complexity index is 1250. The lowest BCUT2D eigenvalue weighted by atomic mass is 10.0. The summed E-state index contributed by atoms with van der Waals surface area (Å²) in [6.45, 7) is 8.27. The van der Waals surface area contributed by atoms with Crippen LogP contribution in [-0.2, 0) is 0 Å². The Morgan fingerprint density at radius 2 is 1.91 bits per heavy atom. The van der Waals surface area contributed by atoms with Crippen LogP contribution in [0.25, 0.3) is 27.9 Å². The monoisotopic (exact) mass is 430 g/mol. The van der Waals surface area contributed by atoms with Gasteiger partial charge in [-0.05, 0) is 62.6 Å². The van der Waals surface area contributed by atoms with Crippen molar-refractivity contribution in [3.8, 4) is 28.1 Å². The van der Waals surface area contributed by atoms with Crippen molar-refractivity contribution in [2.75, 3.05) is 18.0 Å². The van der Waals surface area contributed by atoms with Crippen molar-refractivity contribution >= 4 is 11.5 Å². The van der Waals surface area contributed by atoms with Crippen molar-refractivity contribution in [2.45, 2.75) is 38.8 Å². The molecule has 32 heavy (non-hydrogen) atoms. The Balaban J connectivity index is 1.33. The second kappa shape index (κ2) is 7.83. The van der Waals surface area contributed by atoms with Crippen LogP contribution in [0.5, 0.6) is 5.75 Å². The van der Waals surface area contributed by atoms with E-state index in [1.165, 1.54) is 0 Å². The summed E-state index contributed by atoms with van der Waals surface area (Å²) in [6, 6.07) is 9.83. The van der Waals surface area contributed by atoms with Crippen LogP contribution >= 0.6 is 0 Å². The highest BCUT2D eigenvalue weighted by atomic mass is 16.3. The molecule has 9 heteroatoms. The summed E-state index contributed by atoms with van der Waals surface area (Å²) in [5.41, 5.74) is 3.96. The van der Waals surface area contributed by atoms with E-state index in [1.807, 2.05) is 30.5 Å². The Labute approximate surface area is 186 Å². The van der Waals surface area contributed by atoms with Gasteiger partial charge in [0.25, 0.3) is 0 Å². The molecule has 5 rings (SSSR count). The summed E-state index contributed by atoms with van der Waals surface area (Å²) in [6.07, 6.45) is 6.26. The van der Waals surface area contributed by atoms with Gasteiger partial charge in [0.05, 0.1) is 17.9 Å². The summed E-state index contributed by atoms with van der Waals surface area (Å²) in [5, 5.41) is 30.8. The summed E-state index contributed by atoms with van der Waals surface area (Å²) >= 11 is 0. The van der Waals surface area contributed by atoms with E-state index in [9.17, 15) is 5.11 Å². The number of rotatable bonds is 4. The third-order valence-corrected chi connectivity index (χ3v) is 5.57. The third-order valence-electron chi connectivity index (χ3n) is 5.57. The van der Waals surface area contributed by atoms with Crippen LogP contribution in [0.1, 0.15) is 27.2 Å². The molecule has 1 fully saturated rings. The molecule has 3 aromatic heterocycles. The second-order valence-corrected chi connectivity index (χ2v) is 9.22. The smallest absolute Gasteiger partial charge is 0.245 e. The quantitative estimate of drug-likeness (QED) is 0.509. The number of phenolic OH excluding ortho intramolecular Hbond substituents is 1. The number of aromatic nitrogens is 6. The fraction of sp³-hybridized carbons (Fsp3) is 0.348. The molecule has 0 radical (unpaired) electrons. The maximum atomic E-state index is 10.7. The van der Waals surface area contributed by atoms with E-state index in [0.717, 1.165) is 36.2 Å². The molecule has 4 aromatic rings. The molecule has 1 aromatic carbocycles. The normalized spacial score (nSPS) is 16.7. The predicted octanol–water partition coefficient (Wildman–Crippen LogP) is 2.92. The summed E-state index contributed by atoms with van der Waals surface area (Å²) < 4.78 is 1.70. The molecule has 0 saturated carbocycles. The van der Waals surface area contributed by atoms with Gasteiger partial charge in [-0.25, -0.2) is 9.50 Å². The van der Waals surface area contributed by atoms with E-state index >= 15 is 0 Å². The zero-order valence-electron chi connectivity index (χ0n) is 18.4. The Kier molecular flexibility index (Phi) is 4.97. The number of hydrogen-bond donors (Lipinski definition) is 2. The number of anilines is 1. The first-order valence-electron chi connectivity index (χ1n) is 10.7. The number of benzene rings is 1. The van der Waals surface area contributed by atoms with Crippen LogP contribution in [0.3, 0.4) is 0 Å². The van der Waals surface area contributed by atoms with Crippen molar-refractivity contribution in [1.29, 1.82) is 0 Å². The van der Waals surface area contributed by atoms with Gasteiger partial charge in [0, 0.05) is 36.4 Å². The topological polar surface area (TPSA) is 104 Å². The molecule has 0 spiro atoms. The lowest BCUT2D eigenvalue weighted by molar-refractivity contribution is 0.373. The van der Waals surface area contributed by atoms with Gasteiger partial charge in [-0.3, -0.25) is 0 Å². The molecule has 4 heterocycles. The highest BCUT2D eigenvalue weighted by Gasteiger charge is 2.27. The van der Waals surface area contributed by atoms with Crippen LogP contribution in [-0.4, -0.2) is 59.8 Å². The van der Waals surface area contributed by atoms with Crippen molar-refractivity contribution in [2.24, 2.45) is 0 Å². The van der Waals surface area contributed by atoms with Crippen LogP contribution in [0.2, 0.25) is 0 Å². The molecule has 9 nitrogen and oxygen atoms in total. The van der Waals surface area contributed by atoms with Gasteiger partial charge in [-0.1, -0.05) is 11.3 Å². The first-order valence-corrected chi connectivity index (χ1v) is 10.7. The number of phenols is 1. The zero-order chi connectivity index (χ0) is 22.3. The van der Waals surface area contributed by atoms with Crippen molar-refractivity contribution in [3.63, 3.8) is 0 Å². The van der Waals surface area contributed by atoms with E-state index in [0.29, 0.717) is 23.2 Å². The minimum absolute atomic E-state index is 0.0783. The minimum Gasteiger partial charge on any atom is -0.507 e. The Hall–Kier alpha value is -3.59. The number of fused-ring (bicyclic) bond motifs is 1. The largest absolute Gasteiger partial charge is 0.507 e. The van der Waals surface area contributed by atoms with Crippen molar-refractivity contribution in [1.82, 2.24) is 35.3 Å². The Morgan fingerprint density at radius 3 is 2.66 bits per heavy atom. The van der Waals surface area contributed by atoms with Gasteiger partial charge < -0.3 is 15.3 Å². The van der Waals surface area contributed by atoms with Crippen LogP contribution < -0.4 is 10.2 Å². The fourth-order valence-electron chi connectivity index (χ4n) is 4.15. The fourth-order valence-corrected chi connectivity index (χ4v) is 4.15. The SMILES string of the molecule is CC(C)(C)N[C@H]1CCN(c2ncc(-c3ccc(-c4ccn5nncc5c4)cc3O)nn2)C1. The summed E-state index contributed by atoms with van der Waals surface area (Å²) in [4.78, 5) is 6.66. The molecule has 0 unspecified atom stereocenters. The predicted molar refractivity (Wildman–Crippen MR) is 122 cm³/mol. The molecule has 164 valence electrons. The van der Waals surface area contributed by atoms with Gasteiger partial charge >= 0.3 is 0 Å². The molecule has 1 saturated heterocycles. The maximum Gasteiger partial charge on any atom is 0.245 e. The van der Waals surface area contributed by atoms with Crippen LogP contribution in [0.15, 0.2) is 48.9 Å². The molecular formula is C23H26N8O. The van der Waals surface area contributed by atoms with E-state index in [1.54, 1.807) is 23.0 Å². The Morgan fingerprint density at radius 1 is 1.06 bits per heavy atom. The summed E-state index contributed by atoms with van der Waals surface area (Å²) in [5.74, 6) is 0.749. The number of nitrogens with one attached hydrogen (secondary N) is 1. The zero-order valence-corrected chi connectivity index (χ0v) is 18.4. The molecule has 1 aliphatic heterocycles. The van der Waals surface area contributed by atoms with Crippen molar-refractivity contribution in [3.05, 3.63) is 48.9 Å². The molecule has 1 aliphatic rings. The lowest BCUT2D eigenvalue weighted by Gasteiger charge is -2.25. The number of nitrogens with zero attached hydrogens (tertiary/aromatic N) is 7. The first-order chi connectivity index (χ1) is 15.4. The minimum atomic E-state index is 0.0783. The maximum absolute atomic E-state index is 10.7. The molecule has 0 amide bonds. The van der Waals surface area contributed by atoms with E-state index < -0.39 is 0 Å². The van der Waals surface area contributed by atoms with Crippen molar-refractivity contribution < 1.29 is 5.11 Å². The highest BCUT2D eigenvalue weighted by Crippen LogP contribution is 2.32. The van der Waals surface area contributed by atoms with Gasteiger partial charge in [0.1, 0.15) is 11.4 Å². The molecule has 0 aliphatic carbocycles. The van der Waals surface area contributed by atoms with E-state index in [2.05, 4.69) is 56.5 Å². The highest BCUT2D eigenvalue weighted by molar-refractivity contribution is 5.75. The number of hydrogen-bond acceptors (Lipinski definition) is 8. The van der Waals surface area contributed by atoms with Gasteiger partial charge in [-0.2, -0.15) is 0 Å². The third kappa shape index (κ3) is 4.11. The van der Waals surface area contributed by atoms with Crippen LogP contribution in [0.4, 0.5) is 5.95 Å².